The van der Waals surface area contributed by atoms with Crippen molar-refractivity contribution in [2.45, 2.75) is 25.1 Å². The first-order valence-corrected chi connectivity index (χ1v) is 13.3. The zero-order valence-corrected chi connectivity index (χ0v) is 20.2. The SMILES string of the molecule is O=C(NCc1ccc(N2CCOCC2)cc1)C1CCCN(S(=O)(=O)Cc2cccc(Cl)c2)C1. The number of morpholine rings is 1. The van der Waals surface area contributed by atoms with Crippen LogP contribution < -0.4 is 10.2 Å². The molecule has 0 bridgehead atoms. The number of piperidine rings is 1. The lowest BCUT2D eigenvalue weighted by molar-refractivity contribution is -0.126. The van der Waals surface area contributed by atoms with Crippen molar-refractivity contribution in [1.82, 2.24) is 9.62 Å². The maximum Gasteiger partial charge on any atom is 0.224 e. The van der Waals surface area contributed by atoms with E-state index in [9.17, 15) is 13.2 Å². The molecule has 0 aromatic heterocycles. The van der Waals surface area contributed by atoms with Crippen molar-refractivity contribution >= 4 is 33.2 Å². The quantitative estimate of drug-likeness (QED) is 0.644. The second-order valence-electron chi connectivity index (χ2n) is 8.57. The van der Waals surface area contributed by atoms with Crippen LogP contribution in [0.4, 0.5) is 5.69 Å². The van der Waals surface area contributed by atoms with Gasteiger partial charge in [0.25, 0.3) is 0 Å². The molecule has 0 radical (unpaired) electrons. The van der Waals surface area contributed by atoms with Gasteiger partial charge in [-0.2, -0.15) is 0 Å². The number of hydrogen-bond acceptors (Lipinski definition) is 5. The van der Waals surface area contributed by atoms with Gasteiger partial charge in [0.1, 0.15) is 0 Å². The third kappa shape index (κ3) is 6.47. The highest BCUT2D eigenvalue weighted by Gasteiger charge is 2.32. The number of ether oxygens (including phenoxy) is 1. The molecule has 2 aromatic carbocycles. The maximum absolute atomic E-state index is 12.9. The van der Waals surface area contributed by atoms with Gasteiger partial charge < -0.3 is 15.0 Å². The minimum Gasteiger partial charge on any atom is -0.378 e. The molecule has 2 aliphatic heterocycles. The largest absolute Gasteiger partial charge is 0.378 e. The molecule has 2 fully saturated rings. The van der Waals surface area contributed by atoms with Gasteiger partial charge in [-0.15, -0.1) is 0 Å². The number of rotatable bonds is 7. The first-order chi connectivity index (χ1) is 15.9. The molecule has 178 valence electrons. The molecule has 1 unspecified atom stereocenters. The monoisotopic (exact) mass is 491 g/mol. The zero-order valence-electron chi connectivity index (χ0n) is 18.6. The molecule has 0 saturated carbocycles. The van der Waals surface area contributed by atoms with Gasteiger partial charge in [0, 0.05) is 43.4 Å². The van der Waals surface area contributed by atoms with Gasteiger partial charge in [0.15, 0.2) is 0 Å². The topological polar surface area (TPSA) is 79.0 Å². The summed E-state index contributed by atoms with van der Waals surface area (Å²) >= 11 is 5.99. The number of nitrogens with one attached hydrogen (secondary N) is 1. The van der Waals surface area contributed by atoms with E-state index >= 15 is 0 Å². The summed E-state index contributed by atoms with van der Waals surface area (Å²) < 4.78 is 32.7. The number of hydrogen-bond donors (Lipinski definition) is 1. The highest BCUT2D eigenvalue weighted by molar-refractivity contribution is 7.88. The molecule has 1 atom stereocenters. The highest BCUT2D eigenvalue weighted by atomic mass is 35.5. The van der Waals surface area contributed by atoms with E-state index in [2.05, 4.69) is 22.3 Å². The number of benzene rings is 2. The highest BCUT2D eigenvalue weighted by Crippen LogP contribution is 2.23. The average Bonchev–Trinajstić information content (AvgIpc) is 2.83. The standard InChI is InChI=1S/C24H30ClN3O4S/c25-22-5-1-3-20(15-22)18-33(30,31)28-10-2-4-21(17-28)24(29)26-16-19-6-8-23(9-7-19)27-11-13-32-14-12-27/h1,3,5-9,15,21H,2,4,10-14,16-18H2,(H,26,29). The predicted molar refractivity (Wildman–Crippen MR) is 130 cm³/mol. The Balaban J connectivity index is 1.30. The van der Waals surface area contributed by atoms with Gasteiger partial charge in [-0.1, -0.05) is 35.9 Å². The summed E-state index contributed by atoms with van der Waals surface area (Å²) in [4.78, 5) is 15.1. The number of anilines is 1. The van der Waals surface area contributed by atoms with E-state index in [0.717, 1.165) is 37.6 Å². The van der Waals surface area contributed by atoms with Gasteiger partial charge >= 0.3 is 0 Å². The van der Waals surface area contributed by atoms with Crippen molar-refractivity contribution in [2.75, 3.05) is 44.3 Å². The van der Waals surface area contributed by atoms with Crippen LogP contribution in [0.3, 0.4) is 0 Å². The van der Waals surface area contributed by atoms with Crippen molar-refractivity contribution in [1.29, 1.82) is 0 Å². The Labute approximate surface area is 200 Å². The lowest BCUT2D eigenvalue weighted by Crippen LogP contribution is -2.45. The Bertz CT molecular complexity index is 1060. The fraction of sp³-hybridized carbons (Fsp3) is 0.458. The average molecular weight is 492 g/mol. The predicted octanol–water partition coefficient (Wildman–Crippen LogP) is 3.03. The number of halogens is 1. The van der Waals surface area contributed by atoms with Gasteiger partial charge in [0.2, 0.25) is 15.9 Å². The van der Waals surface area contributed by atoms with Crippen LogP contribution in [-0.2, 0) is 31.9 Å². The summed E-state index contributed by atoms with van der Waals surface area (Å²) in [5.74, 6) is -0.562. The number of amides is 1. The maximum atomic E-state index is 12.9. The molecular formula is C24H30ClN3O4S. The molecule has 2 aliphatic rings. The third-order valence-corrected chi connectivity index (χ3v) is 8.22. The van der Waals surface area contributed by atoms with Crippen molar-refractivity contribution in [2.24, 2.45) is 5.92 Å². The minimum atomic E-state index is -3.52. The van der Waals surface area contributed by atoms with Crippen LogP contribution >= 0.6 is 11.6 Å². The number of carbonyl (C=O) groups is 1. The zero-order chi connectivity index (χ0) is 23.3. The van der Waals surface area contributed by atoms with E-state index in [1.165, 1.54) is 4.31 Å². The molecule has 2 saturated heterocycles. The second-order valence-corrected chi connectivity index (χ2v) is 11.0. The Morgan fingerprint density at radius 2 is 1.82 bits per heavy atom. The molecule has 7 nitrogen and oxygen atoms in total. The van der Waals surface area contributed by atoms with Crippen LogP contribution in [0.25, 0.3) is 0 Å². The Kier molecular flexibility index (Phi) is 7.90. The lowest BCUT2D eigenvalue weighted by Gasteiger charge is -2.31. The fourth-order valence-electron chi connectivity index (χ4n) is 4.32. The Morgan fingerprint density at radius 1 is 1.06 bits per heavy atom. The third-order valence-electron chi connectivity index (χ3n) is 6.17. The molecule has 1 N–H and O–H groups in total. The molecule has 2 aromatic rings. The van der Waals surface area contributed by atoms with Crippen LogP contribution in [0, 0.1) is 5.92 Å². The van der Waals surface area contributed by atoms with Crippen molar-refractivity contribution in [3.05, 3.63) is 64.7 Å². The molecule has 1 amide bonds. The van der Waals surface area contributed by atoms with E-state index in [1.807, 2.05) is 12.1 Å². The Morgan fingerprint density at radius 3 is 2.55 bits per heavy atom. The molecule has 0 spiro atoms. The van der Waals surface area contributed by atoms with Gasteiger partial charge in [-0.25, -0.2) is 12.7 Å². The summed E-state index contributed by atoms with van der Waals surface area (Å²) in [7, 11) is -3.52. The molecular weight excluding hydrogens is 462 g/mol. The first kappa shape index (κ1) is 24.0. The molecule has 4 rings (SSSR count). The summed E-state index contributed by atoms with van der Waals surface area (Å²) in [6.07, 6.45) is 1.35. The van der Waals surface area contributed by atoms with Crippen LogP contribution in [0.1, 0.15) is 24.0 Å². The summed E-state index contributed by atoms with van der Waals surface area (Å²) in [5, 5.41) is 3.50. The van der Waals surface area contributed by atoms with Crippen molar-refractivity contribution < 1.29 is 17.9 Å². The number of nitrogens with zero attached hydrogens (tertiary/aromatic N) is 2. The van der Waals surface area contributed by atoms with Gasteiger partial charge in [-0.3, -0.25) is 4.79 Å². The number of carbonyl (C=O) groups excluding carboxylic acids is 1. The van der Waals surface area contributed by atoms with Gasteiger partial charge in [0.05, 0.1) is 24.9 Å². The smallest absolute Gasteiger partial charge is 0.224 e. The summed E-state index contributed by atoms with van der Waals surface area (Å²) in [6.45, 7) is 4.33. The van der Waals surface area contributed by atoms with Crippen LogP contribution in [0.15, 0.2) is 48.5 Å². The van der Waals surface area contributed by atoms with E-state index < -0.39 is 10.0 Å². The molecule has 9 heteroatoms. The first-order valence-electron chi connectivity index (χ1n) is 11.3. The normalized spacial score (nSPS) is 19.9. The minimum absolute atomic E-state index is 0.102. The second kappa shape index (κ2) is 10.9. The summed E-state index contributed by atoms with van der Waals surface area (Å²) in [5.41, 5.74) is 2.82. The van der Waals surface area contributed by atoms with Crippen molar-refractivity contribution in [3.8, 4) is 0 Å². The van der Waals surface area contributed by atoms with Crippen molar-refractivity contribution in [3.63, 3.8) is 0 Å². The molecule has 2 heterocycles. The van der Waals surface area contributed by atoms with E-state index in [4.69, 9.17) is 16.3 Å². The van der Waals surface area contributed by atoms with E-state index in [0.29, 0.717) is 36.5 Å². The van der Waals surface area contributed by atoms with E-state index in [1.54, 1.807) is 24.3 Å². The van der Waals surface area contributed by atoms with Crippen LogP contribution in [0.5, 0.6) is 0 Å². The summed E-state index contributed by atoms with van der Waals surface area (Å²) in [6, 6.07) is 15.1. The van der Waals surface area contributed by atoms with Crippen LogP contribution in [0.2, 0.25) is 5.02 Å². The van der Waals surface area contributed by atoms with Crippen LogP contribution in [-0.4, -0.2) is 58.0 Å². The fourth-order valence-corrected chi connectivity index (χ4v) is 6.13. The Hall–Kier alpha value is -2.13. The number of sulfonamides is 1. The van der Waals surface area contributed by atoms with E-state index in [-0.39, 0.29) is 24.1 Å². The lowest BCUT2D eigenvalue weighted by atomic mass is 9.98. The molecule has 33 heavy (non-hydrogen) atoms. The van der Waals surface area contributed by atoms with Gasteiger partial charge in [-0.05, 0) is 48.2 Å². The molecule has 0 aliphatic carbocycles.